The Morgan fingerprint density at radius 3 is 2.60 bits per heavy atom. The minimum absolute atomic E-state index is 0.194. The van der Waals surface area contributed by atoms with E-state index in [0.717, 1.165) is 11.3 Å². The minimum atomic E-state index is -0.667. The van der Waals surface area contributed by atoms with Crippen molar-refractivity contribution in [1.29, 1.82) is 0 Å². The first kappa shape index (κ1) is 17.4. The Balaban J connectivity index is 1.63. The highest BCUT2D eigenvalue weighted by Gasteiger charge is 2.20. The number of ether oxygens (including phenoxy) is 3. The maximum absolute atomic E-state index is 12.4. The number of benzene rings is 2. The number of amides is 1. The first-order valence-electron chi connectivity index (χ1n) is 8.15. The van der Waals surface area contributed by atoms with Gasteiger partial charge in [-0.2, -0.15) is 0 Å². The summed E-state index contributed by atoms with van der Waals surface area (Å²) in [7, 11) is 0. The van der Waals surface area contributed by atoms with Gasteiger partial charge in [0.2, 0.25) is 0 Å². The van der Waals surface area contributed by atoms with Crippen LogP contribution in [0.5, 0.6) is 17.2 Å². The Labute approximate surface area is 151 Å². The zero-order chi connectivity index (χ0) is 17.8. The summed E-state index contributed by atoms with van der Waals surface area (Å²) in [5, 5.41) is 3.41. The molecule has 1 heterocycles. The summed E-state index contributed by atoms with van der Waals surface area (Å²) in [5.41, 5.74) is 0.933. The molecule has 2 aromatic rings. The second-order valence-corrected chi connectivity index (χ2v) is 6.23. The van der Waals surface area contributed by atoms with Gasteiger partial charge in [-0.1, -0.05) is 29.8 Å². The second kappa shape index (κ2) is 7.66. The lowest BCUT2D eigenvalue weighted by molar-refractivity contribution is -0.127. The van der Waals surface area contributed by atoms with Crippen molar-refractivity contribution in [2.45, 2.75) is 26.0 Å². The molecule has 0 aromatic heterocycles. The Bertz CT molecular complexity index is 765. The average Bonchev–Trinajstić information content (AvgIpc) is 2.63. The van der Waals surface area contributed by atoms with Crippen LogP contribution in [0.15, 0.2) is 42.5 Å². The lowest BCUT2D eigenvalue weighted by Crippen LogP contribution is -2.37. The minimum Gasteiger partial charge on any atom is -0.486 e. The monoisotopic (exact) mass is 361 g/mol. The van der Waals surface area contributed by atoms with E-state index in [4.69, 9.17) is 25.8 Å². The SMILES string of the molecule is C[C@H](Oc1ccccc1Cl)C(=O)N[C@@H](C)c1ccc2c(c1)OCCO2. The molecular weight excluding hydrogens is 342 g/mol. The van der Waals surface area contributed by atoms with Gasteiger partial charge in [-0.3, -0.25) is 4.79 Å². The highest BCUT2D eigenvalue weighted by Crippen LogP contribution is 2.32. The van der Waals surface area contributed by atoms with E-state index in [2.05, 4.69) is 5.32 Å². The van der Waals surface area contributed by atoms with Crippen molar-refractivity contribution in [1.82, 2.24) is 5.32 Å². The Kier molecular flexibility index (Phi) is 5.34. The molecule has 3 rings (SSSR count). The number of hydrogen-bond donors (Lipinski definition) is 1. The molecule has 25 heavy (non-hydrogen) atoms. The van der Waals surface area contributed by atoms with Crippen LogP contribution in [0.2, 0.25) is 5.02 Å². The zero-order valence-corrected chi connectivity index (χ0v) is 14.9. The molecule has 0 saturated heterocycles. The normalized spacial score (nSPS) is 15.2. The van der Waals surface area contributed by atoms with Crippen molar-refractivity contribution >= 4 is 17.5 Å². The van der Waals surface area contributed by atoms with Gasteiger partial charge in [0.25, 0.3) is 5.91 Å². The predicted octanol–water partition coefficient (Wildman–Crippen LogP) is 3.76. The molecule has 0 radical (unpaired) electrons. The molecule has 0 saturated carbocycles. The number of halogens is 1. The molecule has 1 aliphatic rings. The summed E-state index contributed by atoms with van der Waals surface area (Å²) in [6, 6.07) is 12.5. The van der Waals surface area contributed by atoms with Crippen molar-refractivity contribution in [3.8, 4) is 17.2 Å². The number of rotatable bonds is 5. The average molecular weight is 362 g/mol. The standard InChI is InChI=1S/C19H20ClNO4/c1-12(14-7-8-17-18(11-14)24-10-9-23-17)21-19(22)13(2)25-16-6-4-3-5-15(16)20/h3-8,11-13H,9-10H2,1-2H3,(H,21,22)/t12-,13-/m0/s1. The van der Waals surface area contributed by atoms with Crippen LogP contribution in [-0.4, -0.2) is 25.2 Å². The summed E-state index contributed by atoms with van der Waals surface area (Å²) in [6.07, 6.45) is -0.667. The van der Waals surface area contributed by atoms with Crippen molar-refractivity contribution in [3.63, 3.8) is 0 Å². The number of para-hydroxylation sites is 1. The fraction of sp³-hybridized carbons (Fsp3) is 0.316. The summed E-state index contributed by atoms with van der Waals surface area (Å²) in [5.74, 6) is 1.69. The van der Waals surface area contributed by atoms with Gasteiger partial charge in [0.15, 0.2) is 17.6 Å². The van der Waals surface area contributed by atoms with E-state index < -0.39 is 6.10 Å². The van der Waals surface area contributed by atoms with Gasteiger partial charge in [-0.25, -0.2) is 0 Å². The summed E-state index contributed by atoms with van der Waals surface area (Å²) in [6.45, 7) is 4.68. The summed E-state index contributed by atoms with van der Waals surface area (Å²) >= 11 is 6.06. The Hall–Kier alpha value is -2.40. The molecule has 5 nitrogen and oxygen atoms in total. The summed E-state index contributed by atoms with van der Waals surface area (Å²) < 4.78 is 16.7. The molecule has 0 fully saturated rings. The van der Waals surface area contributed by atoms with E-state index in [9.17, 15) is 4.79 Å². The lowest BCUT2D eigenvalue weighted by atomic mass is 10.1. The van der Waals surface area contributed by atoms with E-state index in [-0.39, 0.29) is 11.9 Å². The van der Waals surface area contributed by atoms with Crippen LogP contribution in [0.3, 0.4) is 0 Å². The quantitative estimate of drug-likeness (QED) is 0.881. The van der Waals surface area contributed by atoms with E-state index in [1.807, 2.05) is 37.3 Å². The van der Waals surface area contributed by atoms with Crippen LogP contribution in [0.4, 0.5) is 0 Å². The van der Waals surface area contributed by atoms with E-state index in [1.165, 1.54) is 0 Å². The molecular formula is C19H20ClNO4. The van der Waals surface area contributed by atoms with Crippen LogP contribution >= 0.6 is 11.6 Å². The zero-order valence-electron chi connectivity index (χ0n) is 14.1. The number of hydrogen-bond acceptors (Lipinski definition) is 4. The molecule has 2 aromatic carbocycles. The third-order valence-electron chi connectivity index (χ3n) is 3.93. The predicted molar refractivity (Wildman–Crippen MR) is 95.5 cm³/mol. The van der Waals surface area contributed by atoms with Crippen molar-refractivity contribution < 1.29 is 19.0 Å². The van der Waals surface area contributed by atoms with Gasteiger partial charge < -0.3 is 19.5 Å². The van der Waals surface area contributed by atoms with Gasteiger partial charge in [0.05, 0.1) is 11.1 Å². The molecule has 1 aliphatic heterocycles. The third-order valence-corrected chi connectivity index (χ3v) is 4.25. The molecule has 0 bridgehead atoms. The molecule has 1 N–H and O–H groups in total. The van der Waals surface area contributed by atoms with Gasteiger partial charge >= 0.3 is 0 Å². The number of carbonyl (C=O) groups excluding carboxylic acids is 1. The van der Waals surface area contributed by atoms with E-state index in [0.29, 0.717) is 29.7 Å². The van der Waals surface area contributed by atoms with Crippen LogP contribution in [-0.2, 0) is 4.79 Å². The maximum atomic E-state index is 12.4. The van der Waals surface area contributed by atoms with Gasteiger partial charge in [-0.15, -0.1) is 0 Å². The first-order valence-corrected chi connectivity index (χ1v) is 8.53. The molecule has 132 valence electrons. The Morgan fingerprint density at radius 1 is 1.12 bits per heavy atom. The molecule has 1 amide bonds. The molecule has 2 atom stereocenters. The highest BCUT2D eigenvalue weighted by molar-refractivity contribution is 6.32. The lowest BCUT2D eigenvalue weighted by Gasteiger charge is -2.22. The van der Waals surface area contributed by atoms with Gasteiger partial charge in [0.1, 0.15) is 19.0 Å². The smallest absolute Gasteiger partial charge is 0.261 e. The fourth-order valence-electron chi connectivity index (χ4n) is 2.53. The first-order chi connectivity index (χ1) is 12.0. The highest BCUT2D eigenvalue weighted by atomic mass is 35.5. The van der Waals surface area contributed by atoms with Crippen LogP contribution in [0.25, 0.3) is 0 Å². The van der Waals surface area contributed by atoms with Gasteiger partial charge in [0, 0.05) is 0 Å². The van der Waals surface area contributed by atoms with E-state index >= 15 is 0 Å². The molecule has 0 unspecified atom stereocenters. The molecule has 0 aliphatic carbocycles. The van der Waals surface area contributed by atoms with Crippen LogP contribution in [0.1, 0.15) is 25.5 Å². The van der Waals surface area contributed by atoms with Crippen LogP contribution in [0, 0.1) is 0 Å². The largest absolute Gasteiger partial charge is 0.486 e. The van der Waals surface area contributed by atoms with Gasteiger partial charge in [-0.05, 0) is 43.7 Å². The maximum Gasteiger partial charge on any atom is 0.261 e. The van der Waals surface area contributed by atoms with Crippen molar-refractivity contribution in [2.24, 2.45) is 0 Å². The third kappa shape index (κ3) is 4.17. The number of fused-ring (bicyclic) bond motifs is 1. The molecule has 6 heteroatoms. The summed E-state index contributed by atoms with van der Waals surface area (Å²) in [4.78, 5) is 12.4. The van der Waals surface area contributed by atoms with Crippen LogP contribution < -0.4 is 19.5 Å². The fourth-order valence-corrected chi connectivity index (χ4v) is 2.71. The van der Waals surface area contributed by atoms with E-state index in [1.54, 1.807) is 19.1 Å². The second-order valence-electron chi connectivity index (χ2n) is 5.82. The molecule has 0 spiro atoms. The van der Waals surface area contributed by atoms with Crippen molar-refractivity contribution in [3.05, 3.63) is 53.1 Å². The Morgan fingerprint density at radius 2 is 1.84 bits per heavy atom. The number of carbonyl (C=O) groups is 1. The number of nitrogens with one attached hydrogen (secondary N) is 1. The topological polar surface area (TPSA) is 56.8 Å². The van der Waals surface area contributed by atoms with Crippen molar-refractivity contribution in [2.75, 3.05) is 13.2 Å².